The van der Waals surface area contributed by atoms with Gasteiger partial charge in [-0.25, -0.2) is 0 Å². The second-order valence-corrected chi connectivity index (χ2v) is 6.58. The zero-order valence-electron chi connectivity index (χ0n) is 14.3. The summed E-state index contributed by atoms with van der Waals surface area (Å²) < 4.78 is 13.2. The van der Waals surface area contributed by atoms with Gasteiger partial charge in [-0.05, 0) is 25.1 Å². The molecule has 24 heavy (non-hydrogen) atoms. The third kappa shape index (κ3) is 2.29. The normalized spacial score (nSPS) is 23.5. The van der Waals surface area contributed by atoms with Crippen LogP contribution in [0.2, 0.25) is 0 Å². The predicted molar refractivity (Wildman–Crippen MR) is 91.6 cm³/mol. The van der Waals surface area contributed by atoms with E-state index < -0.39 is 0 Å². The molecule has 6 nitrogen and oxygen atoms in total. The summed E-state index contributed by atoms with van der Waals surface area (Å²) >= 11 is 0. The zero-order chi connectivity index (χ0) is 16.8. The molecule has 0 radical (unpaired) electrons. The number of morpholine rings is 1. The van der Waals surface area contributed by atoms with Gasteiger partial charge in [0.1, 0.15) is 5.75 Å². The lowest BCUT2D eigenvalue weighted by Gasteiger charge is -2.25. The van der Waals surface area contributed by atoms with E-state index in [0.29, 0.717) is 19.7 Å². The van der Waals surface area contributed by atoms with E-state index in [1.165, 1.54) is 0 Å². The topological polar surface area (TPSA) is 55.7 Å². The summed E-state index contributed by atoms with van der Waals surface area (Å²) in [7, 11) is 3.64. The second-order valence-electron chi connectivity index (χ2n) is 6.58. The van der Waals surface area contributed by atoms with Gasteiger partial charge in [0.15, 0.2) is 0 Å². The molecule has 0 unspecified atom stereocenters. The maximum atomic E-state index is 13.2. The highest BCUT2D eigenvalue weighted by Gasteiger charge is 2.38. The van der Waals surface area contributed by atoms with Crippen molar-refractivity contribution in [2.24, 2.45) is 7.05 Å². The van der Waals surface area contributed by atoms with E-state index in [1.54, 1.807) is 7.11 Å². The average molecular weight is 329 g/mol. The Morgan fingerprint density at radius 2 is 2.21 bits per heavy atom. The van der Waals surface area contributed by atoms with Crippen LogP contribution in [0.5, 0.6) is 5.75 Å². The van der Waals surface area contributed by atoms with Gasteiger partial charge in [-0.15, -0.1) is 0 Å². The van der Waals surface area contributed by atoms with Crippen LogP contribution in [0.1, 0.15) is 16.1 Å². The molecule has 2 fully saturated rings. The van der Waals surface area contributed by atoms with Crippen LogP contribution in [0.25, 0.3) is 10.9 Å². The van der Waals surface area contributed by atoms with Crippen molar-refractivity contribution in [2.75, 3.05) is 33.4 Å². The van der Waals surface area contributed by atoms with Crippen molar-refractivity contribution in [3.8, 4) is 5.75 Å². The molecule has 2 atom stereocenters. The highest BCUT2D eigenvalue weighted by atomic mass is 16.5. The SMILES string of the molecule is COc1ccc2c(c1)c(C(=O)N1C[C@@H]3NCCO[C@H]3C1)c(C)n2C. The largest absolute Gasteiger partial charge is 0.497 e. The summed E-state index contributed by atoms with van der Waals surface area (Å²) in [6.07, 6.45) is 0.104. The number of likely N-dealkylation sites (tertiary alicyclic amines) is 1. The molecule has 4 rings (SSSR count). The van der Waals surface area contributed by atoms with E-state index in [-0.39, 0.29) is 18.1 Å². The molecule has 2 aliphatic rings. The van der Waals surface area contributed by atoms with E-state index >= 15 is 0 Å². The molecule has 2 saturated heterocycles. The lowest BCUT2D eigenvalue weighted by Crippen LogP contribution is -2.47. The first kappa shape index (κ1) is 15.5. The van der Waals surface area contributed by atoms with Crippen LogP contribution in [0.15, 0.2) is 18.2 Å². The highest BCUT2D eigenvalue weighted by Crippen LogP contribution is 2.30. The average Bonchev–Trinajstić information content (AvgIpc) is 3.14. The Kier molecular flexibility index (Phi) is 3.73. The standard InChI is InChI=1S/C18H23N3O3/c1-11-17(13-8-12(23-3)4-5-15(13)20(11)2)18(22)21-9-14-16(10-21)24-7-6-19-14/h4-5,8,14,16,19H,6-7,9-10H2,1-3H3/t14-,16-/m0/s1. The Morgan fingerprint density at radius 1 is 1.38 bits per heavy atom. The van der Waals surface area contributed by atoms with Crippen LogP contribution >= 0.6 is 0 Å². The number of aryl methyl sites for hydroxylation is 1. The fourth-order valence-electron chi connectivity index (χ4n) is 3.87. The molecule has 0 saturated carbocycles. The van der Waals surface area contributed by atoms with Crippen molar-refractivity contribution in [2.45, 2.75) is 19.1 Å². The van der Waals surface area contributed by atoms with Crippen molar-refractivity contribution >= 4 is 16.8 Å². The van der Waals surface area contributed by atoms with Gasteiger partial charge in [0, 0.05) is 43.3 Å². The zero-order valence-corrected chi connectivity index (χ0v) is 14.3. The Morgan fingerprint density at radius 3 is 2.96 bits per heavy atom. The Hall–Kier alpha value is -2.05. The number of methoxy groups -OCH3 is 1. The molecule has 1 amide bonds. The fraction of sp³-hybridized carbons (Fsp3) is 0.500. The number of nitrogens with one attached hydrogen (secondary N) is 1. The van der Waals surface area contributed by atoms with Crippen LogP contribution in [-0.2, 0) is 11.8 Å². The number of hydrogen-bond donors (Lipinski definition) is 1. The molecule has 1 aromatic heterocycles. The summed E-state index contributed by atoms with van der Waals surface area (Å²) in [5.74, 6) is 0.841. The summed E-state index contributed by atoms with van der Waals surface area (Å²) in [5.41, 5.74) is 2.79. The summed E-state index contributed by atoms with van der Waals surface area (Å²) in [4.78, 5) is 15.1. The number of hydrogen-bond acceptors (Lipinski definition) is 4. The molecule has 0 spiro atoms. The van der Waals surface area contributed by atoms with Crippen LogP contribution in [0.4, 0.5) is 0 Å². The quantitative estimate of drug-likeness (QED) is 0.903. The monoisotopic (exact) mass is 329 g/mol. The molecule has 128 valence electrons. The van der Waals surface area contributed by atoms with Crippen LogP contribution in [0, 0.1) is 6.92 Å². The summed E-state index contributed by atoms with van der Waals surface area (Å²) in [6.45, 7) is 4.92. The number of ether oxygens (including phenoxy) is 2. The third-order valence-corrected chi connectivity index (χ3v) is 5.31. The number of carbonyl (C=O) groups is 1. The second kappa shape index (κ2) is 5.79. The smallest absolute Gasteiger partial charge is 0.256 e. The number of rotatable bonds is 2. The van der Waals surface area contributed by atoms with Crippen LogP contribution in [-0.4, -0.2) is 60.9 Å². The van der Waals surface area contributed by atoms with Crippen LogP contribution < -0.4 is 10.1 Å². The summed E-state index contributed by atoms with van der Waals surface area (Å²) in [5, 5.41) is 4.40. The molecule has 1 N–H and O–H groups in total. The minimum absolute atomic E-state index is 0.0751. The molecular weight excluding hydrogens is 306 g/mol. The van der Waals surface area contributed by atoms with E-state index in [4.69, 9.17) is 9.47 Å². The van der Waals surface area contributed by atoms with Gasteiger partial charge in [0.2, 0.25) is 0 Å². The third-order valence-electron chi connectivity index (χ3n) is 5.31. The summed E-state index contributed by atoms with van der Waals surface area (Å²) in [6, 6.07) is 6.13. The molecule has 2 aromatic rings. The number of amides is 1. The van der Waals surface area contributed by atoms with Crippen LogP contribution in [0.3, 0.4) is 0 Å². The van der Waals surface area contributed by atoms with E-state index in [1.807, 2.05) is 37.1 Å². The Balaban J connectivity index is 1.73. The number of fused-ring (bicyclic) bond motifs is 2. The van der Waals surface area contributed by atoms with Crippen molar-refractivity contribution < 1.29 is 14.3 Å². The first-order chi connectivity index (χ1) is 11.6. The number of nitrogens with zero attached hydrogens (tertiary/aromatic N) is 2. The maximum absolute atomic E-state index is 13.2. The minimum Gasteiger partial charge on any atom is -0.497 e. The fourth-order valence-corrected chi connectivity index (χ4v) is 3.87. The van der Waals surface area contributed by atoms with Crippen molar-refractivity contribution in [1.82, 2.24) is 14.8 Å². The van der Waals surface area contributed by atoms with E-state index in [9.17, 15) is 4.79 Å². The lowest BCUT2D eigenvalue weighted by atomic mass is 10.1. The van der Waals surface area contributed by atoms with E-state index in [2.05, 4.69) is 9.88 Å². The van der Waals surface area contributed by atoms with Gasteiger partial charge in [-0.2, -0.15) is 0 Å². The molecule has 1 aromatic carbocycles. The first-order valence-corrected chi connectivity index (χ1v) is 8.37. The van der Waals surface area contributed by atoms with Gasteiger partial charge in [-0.3, -0.25) is 4.79 Å². The van der Waals surface area contributed by atoms with Gasteiger partial charge < -0.3 is 24.3 Å². The maximum Gasteiger partial charge on any atom is 0.256 e. The van der Waals surface area contributed by atoms with Gasteiger partial charge in [0.25, 0.3) is 5.91 Å². The van der Waals surface area contributed by atoms with E-state index in [0.717, 1.165) is 34.5 Å². The number of carbonyl (C=O) groups excluding carboxylic acids is 1. The number of benzene rings is 1. The van der Waals surface area contributed by atoms with Gasteiger partial charge in [0.05, 0.1) is 31.4 Å². The highest BCUT2D eigenvalue weighted by molar-refractivity contribution is 6.08. The molecule has 3 heterocycles. The van der Waals surface area contributed by atoms with Gasteiger partial charge >= 0.3 is 0 Å². The molecular formula is C18H23N3O3. The molecule has 2 aliphatic heterocycles. The van der Waals surface area contributed by atoms with Gasteiger partial charge in [-0.1, -0.05) is 0 Å². The van der Waals surface area contributed by atoms with Crippen molar-refractivity contribution in [1.29, 1.82) is 0 Å². The molecule has 0 bridgehead atoms. The van der Waals surface area contributed by atoms with Crippen molar-refractivity contribution in [3.05, 3.63) is 29.5 Å². The molecule has 6 heteroatoms. The number of aromatic nitrogens is 1. The van der Waals surface area contributed by atoms with Crippen molar-refractivity contribution in [3.63, 3.8) is 0 Å². The Labute approximate surface area is 141 Å². The predicted octanol–water partition coefficient (Wildman–Crippen LogP) is 1.31. The first-order valence-electron chi connectivity index (χ1n) is 8.37. The molecule has 0 aliphatic carbocycles. The minimum atomic E-state index is 0.0751. The lowest BCUT2D eigenvalue weighted by molar-refractivity contribution is 0.0176. The Bertz CT molecular complexity index is 784.